The van der Waals surface area contributed by atoms with Crippen molar-refractivity contribution in [3.63, 3.8) is 0 Å². The van der Waals surface area contributed by atoms with Gasteiger partial charge in [-0.15, -0.1) is 0 Å². The van der Waals surface area contributed by atoms with E-state index >= 15 is 0 Å². The molecule has 4 rings (SSSR count). The Balaban J connectivity index is 1.66. The standard InChI is InChI=1S/C24H31N3OS/c1-17(2)15-25-24(28)19-10-11-23-21(14-19)27(18(3)16-26-12-6-7-13-26)20-8-4-5-9-22(20)29-23/h4-5,8-11,14,17-18H,6-7,12-13,15-16H2,1-3H3,(H,25,28)/t18-/m1/s1. The summed E-state index contributed by atoms with van der Waals surface area (Å²) in [5, 5.41) is 3.05. The second-order valence-electron chi connectivity index (χ2n) is 8.58. The first kappa shape index (κ1) is 20.3. The summed E-state index contributed by atoms with van der Waals surface area (Å²) in [7, 11) is 0. The number of likely N-dealkylation sites (tertiary alicyclic amines) is 1. The van der Waals surface area contributed by atoms with Crippen LogP contribution >= 0.6 is 11.8 Å². The number of hydrogen-bond acceptors (Lipinski definition) is 4. The molecule has 2 aliphatic heterocycles. The van der Waals surface area contributed by atoms with E-state index in [1.807, 2.05) is 6.07 Å². The highest BCUT2D eigenvalue weighted by Gasteiger charge is 2.29. The number of fused-ring (bicyclic) bond motifs is 2. The molecule has 0 bridgehead atoms. The van der Waals surface area contributed by atoms with Gasteiger partial charge in [0.1, 0.15) is 0 Å². The van der Waals surface area contributed by atoms with Gasteiger partial charge in [0.05, 0.1) is 11.4 Å². The second kappa shape index (κ2) is 8.80. The van der Waals surface area contributed by atoms with Crippen molar-refractivity contribution in [3.8, 4) is 0 Å². The molecule has 0 aromatic heterocycles. The quantitative estimate of drug-likeness (QED) is 0.715. The van der Waals surface area contributed by atoms with Gasteiger partial charge in [0.15, 0.2) is 0 Å². The Kier molecular flexibility index (Phi) is 6.16. The molecule has 1 saturated heterocycles. The fourth-order valence-electron chi connectivity index (χ4n) is 4.22. The number of para-hydroxylation sites is 1. The number of rotatable bonds is 6. The van der Waals surface area contributed by atoms with Crippen molar-refractivity contribution in [3.05, 3.63) is 48.0 Å². The lowest BCUT2D eigenvalue weighted by molar-refractivity contribution is 0.0949. The average Bonchev–Trinajstić information content (AvgIpc) is 3.22. The van der Waals surface area contributed by atoms with Gasteiger partial charge in [-0.3, -0.25) is 4.79 Å². The highest BCUT2D eigenvalue weighted by molar-refractivity contribution is 7.99. The van der Waals surface area contributed by atoms with Crippen LogP contribution in [-0.4, -0.2) is 43.0 Å². The van der Waals surface area contributed by atoms with Gasteiger partial charge in [0, 0.05) is 34.5 Å². The van der Waals surface area contributed by atoms with Crippen molar-refractivity contribution in [1.82, 2.24) is 10.2 Å². The lowest BCUT2D eigenvalue weighted by atomic mass is 10.1. The number of anilines is 2. The first-order valence-corrected chi connectivity index (χ1v) is 11.6. The molecule has 0 radical (unpaired) electrons. The van der Waals surface area contributed by atoms with Gasteiger partial charge in [0.2, 0.25) is 0 Å². The van der Waals surface area contributed by atoms with E-state index in [1.54, 1.807) is 11.8 Å². The Morgan fingerprint density at radius 1 is 1.03 bits per heavy atom. The SMILES string of the molecule is CC(C)CNC(=O)c1ccc2c(c1)N([C@H](C)CN1CCCC1)c1ccccc1S2. The van der Waals surface area contributed by atoms with Gasteiger partial charge in [-0.1, -0.05) is 37.7 Å². The highest BCUT2D eigenvalue weighted by Crippen LogP contribution is 2.49. The van der Waals surface area contributed by atoms with Crippen molar-refractivity contribution < 1.29 is 4.79 Å². The van der Waals surface area contributed by atoms with E-state index in [2.05, 4.69) is 72.3 Å². The maximum atomic E-state index is 12.7. The fraction of sp³-hybridized carbons (Fsp3) is 0.458. The molecule has 5 heteroatoms. The van der Waals surface area contributed by atoms with Crippen LogP contribution in [0.4, 0.5) is 11.4 Å². The smallest absolute Gasteiger partial charge is 0.251 e. The molecule has 2 aliphatic rings. The van der Waals surface area contributed by atoms with E-state index in [9.17, 15) is 4.79 Å². The maximum Gasteiger partial charge on any atom is 0.251 e. The third-order valence-corrected chi connectivity index (χ3v) is 6.79. The van der Waals surface area contributed by atoms with Crippen LogP contribution in [-0.2, 0) is 0 Å². The minimum absolute atomic E-state index is 0.0116. The summed E-state index contributed by atoms with van der Waals surface area (Å²) >= 11 is 1.80. The Hall–Kier alpha value is -1.98. The second-order valence-corrected chi connectivity index (χ2v) is 9.67. The minimum atomic E-state index is 0.0116. The molecule has 4 nitrogen and oxygen atoms in total. The Labute approximate surface area is 178 Å². The van der Waals surface area contributed by atoms with Crippen LogP contribution in [0.1, 0.15) is 44.0 Å². The summed E-state index contributed by atoms with van der Waals surface area (Å²) in [4.78, 5) is 20.2. The van der Waals surface area contributed by atoms with Crippen molar-refractivity contribution in [2.24, 2.45) is 5.92 Å². The lowest BCUT2D eigenvalue weighted by Gasteiger charge is -2.39. The summed E-state index contributed by atoms with van der Waals surface area (Å²) in [6, 6.07) is 15.1. The molecule has 0 aliphatic carbocycles. The molecule has 29 heavy (non-hydrogen) atoms. The number of nitrogens with zero attached hydrogens (tertiary/aromatic N) is 2. The van der Waals surface area contributed by atoms with E-state index in [0.717, 1.165) is 17.8 Å². The number of amides is 1. The third-order valence-electron chi connectivity index (χ3n) is 5.66. The summed E-state index contributed by atoms with van der Waals surface area (Å²) in [5.41, 5.74) is 3.14. The van der Waals surface area contributed by atoms with Crippen LogP contribution in [0.2, 0.25) is 0 Å². The molecule has 1 amide bonds. The zero-order valence-corrected chi connectivity index (χ0v) is 18.5. The number of hydrogen-bond donors (Lipinski definition) is 1. The Bertz CT molecular complexity index is 876. The molecule has 1 N–H and O–H groups in total. The molecule has 0 spiro atoms. The maximum absolute atomic E-state index is 12.7. The first-order valence-electron chi connectivity index (χ1n) is 10.7. The molecule has 1 fully saturated rings. The van der Waals surface area contributed by atoms with Crippen molar-refractivity contribution in [2.75, 3.05) is 31.1 Å². The molecule has 0 unspecified atom stereocenters. The molecule has 0 saturated carbocycles. The zero-order chi connectivity index (χ0) is 20.4. The number of carbonyl (C=O) groups excluding carboxylic acids is 1. The van der Waals surface area contributed by atoms with Crippen LogP contribution < -0.4 is 10.2 Å². The largest absolute Gasteiger partial charge is 0.352 e. The zero-order valence-electron chi connectivity index (χ0n) is 17.6. The summed E-state index contributed by atoms with van der Waals surface area (Å²) in [6.45, 7) is 10.7. The van der Waals surface area contributed by atoms with E-state index in [4.69, 9.17) is 0 Å². The van der Waals surface area contributed by atoms with Crippen LogP contribution in [0.5, 0.6) is 0 Å². The molecule has 2 heterocycles. The normalized spacial score (nSPS) is 17.2. The predicted molar refractivity (Wildman–Crippen MR) is 121 cm³/mol. The molecular weight excluding hydrogens is 378 g/mol. The molecule has 2 aromatic rings. The predicted octanol–water partition coefficient (Wildman–Crippen LogP) is 5.16. The van der Waals surface area contributed by atoms with Crippen molar-refractivity contribution in [1.29, 1.82) is 0 Å². The lowest BCUT2D eigenvalue weighted by Crippen LogP contribution is -2.40. The monoisotopic (exact) mass is 409 g/mol. The van der Waals surface area contributed by atoms with Crippen molar-refractivity contribution in [2.45, 2.75) is 49.4 Å². The summed E-state index contributed by atoms with van der Waals surface area (Å²) < 4.78 is 0. The molecule has 2 aromatic carbocycles. The van der Waals surface area contributed by atoms with E-state index in [-0.39, 0.29) is 5.91 Å². The van der Waals surface area contributed by atoms with Crippen LogP contribution in [0.3, 0.4) is 0 Å². The van der Waals surface area contributed by atoms with Gasteiger partial charge in [-0.25, -0.2) is 0 Å². The average molecular weight is 410 g/mol. The van der Waals surface area contributed by atoms with Gasteiger partial charge in [-0.05, 0) is 69.1 Å². The molecular formula is C24H31N3OS. The van der Waals surface area contributed by atoms with E-state index in [1.165, 1.54) is 41.4 Å². The van der Waals surface area contributed by atoms with Crippen molar-refractivity contribution >= 4 is 29.0 Å². The Morgan fingerprint density at radius 3 is 2.52 bits per heavy atom. The Morgan fingerprint density at radius 2 is 1.76 bits per heavy atom. The fourth-order valence-corrected chi connectivity index (χ4v) is 5.27. The van der Waals surface area contributed by atoms with Gasteiger partial charge < -0.3 is 15.1 Å². The first-order chi connectivity index (χ1) is 14.0. The number of nitrogens with one attached hydrogen (secondary N) is 1. The van der Waals surface area contributed by atoms with Crippen LogP contribution in [0.25, 0.3) is 0 Å². The highest BCUT2D eigenvalue weighted by atomic mass is 32.2. The van der Waals surface area contributed by atoms with Gasteiger partial charge in [-0.2, -0.15) is 0 Å². The number of benzene rings is 2. The summed E-state index contributed by atoms with van der Waals surface area (Å²) in [6.07, 6.45) is 2.60. The van der Waals surface area contributed by atoms with Gasteiger partial charge in [0.25, 0.3) is 5.91 Å². The topological polar surface area (TPSA) is 35.6 Å². The molecule has 1 atom stereocenters. The van der Waals surface area contributed by atoms with E-state index in [0.29, 0.717) is 18.5 Å². The van der Waals surface area contributed by atoms with E-state index < -0.39 is 0 Å². The van der Waals surface area contributed by atoms with Crippen LogP contribution in [0, 0.1) is 5.92 Å². The summed E-state index contributed by atoms with van der Waals surface area (Å²) in [5.74, 6) is 0.452. The number of carbonyl (C=O) groups is 1. The van der Waals surface area contributed by atoms with Crippen LogP contribution in [0.15, 0.2) is 52.3 Å². The minimum Gasteiger partial charge on any atom is -0.352 e. The molecule has 154 valence electrons. The third kappa shape index (κ3) is 4.46. The van der Waals surface area contributed by atoms with Gasteiger partial charge >= 0.3 is 0 Å².